The lowest BCUT2D eigenvalue weighted by atomic mass is 10.1. The van der Waals surface area contributed by atoms with Crippen LogP contribution >= 0.6 is 22.9 Å². The number of hydrogen-bond acceptors (Lipinski definition) is 4. The molecule has 0 saturated carbocycles. The fourth-order valence-electron chi connectivity index (χ4n) is 2.35. The smallest absolute Gasteiger partial charge is 0.182 e. The molecule has 4 nitrogen and oxygen atoms in total. The predicted octanol–water partition coefficient (Wildman–Crippen LogP) is 4.48. The molecule has 4 rings (SSSR count). The summed E-state index contributed by atoms with van der Waals surface area (Å²) in [4.78, 5) is 0.758. The van der Waals surface area contributed by atoms with Gasteiger partial charge in [0.05, 0.1) is 5.02 Å². The molecular formula is C16H11ClN4S. The molecule has 0 spiro atoms. The second-order valence-electron chi connectivity index (χ2n) is 4.92. The van der Waals surface area contributed by atoms with Crippen LogP contribution in [0.4, 0.5) is 0 Å². The van der Waals surface area contributed by atoms with Crippen molar-refractivity contribution in [2.24, 2.45) is 0 Å². The maximum absolute atomic E-state index is 6.26. The summed E-state index contributed by atoms with van der Waals surface area (Å²) >= 11 is 7.74. The molecule has 0 N–H and O–H groups in total. The lowest BCUT2D eigenvalue weighted by Gasteiger charge is -2.01. The van der Waals surface area contributed by atoms with Crippen LogP contribution in [0.2, 0.25) is 5.02 Å². The van der Waals surface area contributed by atoms with E-state index in [1.54, 1.807) is 4.52 Å². The molecule has 0 bridgehead atoms. The Morgan fingerprint density at radius 2 is 1.68 bits per heavy atom. The first-order chi connectivity index (χ1) is 10.7. The number of aromatic nitrogens is 4. The molecule has 0 unspecified atom stereocenters. The van der Waals surface area contributed by atoms with Gasteiger partial charge in [-0.3, -0.25) is 0 Å². The summed E-state index contributed by atoms with van der Waals surface area (Å²) in [6.07, 6.45) is 0. The van der Waals surface area contributed by atoms with Crippen LogP contribution in [-0.4, -0.2) is 19.8 Å². The summed E-state index contributed by atoms with van der Waals surface area (Å²) in [6, 6.07) is 15.8. The Hall–Kier alpha value is -2.24. The Labute approximate surface area is 136 Å². The highest BCUT2D eigenvalue weighted by molar-refractivity contribution is 7.19. The standard InChI is InChI=1S/C16H11ClN4S/c1-10-6-2-3-7-11(10)14-18-19-16-21(14)20-15(22-16)12-8-4-5-9-13(12)17/h2-9H,1H3. The first-order valence-corrected chi connectivity index (χ1v) is 7.96. The van der Waals surface area contributed by atoms with Crippen molar-refractivity contribution in [3.05, 3.63) is 59.1 Å². The Bertz CT molecular complexity index is 973. The zero-order valence-electron chi connectivity index (χ0n) is 11.7. The summed E-state index contributed by atoms with van der Waals surface area (Å²) in [7, 11) is 0. The van der Waals surface area contributed by atoms with Gasteiger partial charge in [0.2, 0.25) is 4.96 Å². The quantitative estimate of drug-likeness (QED) is 0.545. The molecule has 4 aromatic rings. The summed E-state index contributed by atoms with van der Waals surface area (Å²) in [6.45, 7) is 2.05. The first kappa shape index (κ1) is 13.4. The first-order valence-electron chi connectivity index (χ1n) is 6.77. The normalized spacial score (nSPS) is 11.2. The van der Waals surface area contributed by atoms with E-state index in [1.807, 2.05) is 42.5 Å². The number of hydrogen-bond donors (Lipinski definition) is 0. The monoisotopic (exact) mass is 326 g/mol. The summed E-state index contributed by atoms with van der Waals surface area (Å²) in [5.74, 6) is 0.752. The fraction of sp³-hybridized carbons (Fsp3) is 0.0625. The molecular weight excluding hydrogens is 316 g/mol. The van der Waals surface area contributed by atoms with E-state index in [4.69, 9.17) is 11.6 Å². The van der Waals surface area contributed by atoms with E-state index in [0.717, 1.165) is 32.5 Å². The van der Waals surface area contributed by atoms with Crippen molar-refractivity contribution in [1.82, 2.24) is 19.8 Å². The van der Waals surface area contributed by atoms with Gasteiger partial charge in [0.15, 0.2) is 5.82 Å². The van der Waals surface area contributed by atoms with Crippen molar-refractivity contribution in [3.63, 3.8) is 0 Å². The highest BCUT2D eigenvalue weighted by atomic mass is 35.5. The van der Waals surface area contributed by atoms with Gasteiger partial charge in [-0.05, 0) is 18.6 Å². The summed E-state index contributed by atoms with van der Waals surface area (Å²) < 4.78 is 1.78. The Morgan fingerprint density at radius 1 is 0.955 bits per heavy atom. The molecule has 6 heteroatoms. The van der Waals surface area contributed by atoms with E-state index in [1.165, 1.54) is 11.3 Å². The Morgan fingerprint density at radius 3 is 2.45 bits per heavy atom. The van der Waals surface area contributed by atoms with E-state index in [-0.39, 0.29) is 0 Å². The van der Waals surface area contributed by atoms with Crippen LogP contribution in [0.3, 0.4) is 0 Å². The van der Waals surface area contributed by atoms with E-state index in [9.17, 15) is 0 Å². The number of halogens is 1. The highest BCUT2D eigenvalue weighted by Crippen LogP contribution is 2.32. The van der Waals surface area contributed by atoms with Crippen molar-refractivity contribution in [3.8, 4) is 22.0 Å². The minimum absolute atomic E-state index is 0.685. The molecule has 0 saturated heterocycles. The molecule has 2 aromatic heterocycles. The maximum Gasteiger partial charge on any atom is 0.235 e. The van der Waals surface area contributed by atoms with Gasteiger partial charge < -0.3 is 0 Å². The van der Waals surface area contributed by atoms with Gasteiger partial charge in [-0.15, -0.1) is 10.2 Å². The molecule has 2 heterocycles. The number of benzene rings is 2. The topological polar surface area (TPSA) is 43.1 Å². The van der Waals surface area contributed by atoms with Crippen LogP contribution in [0, 0.1) is 6.92 Å². The van der Waals surface area contributed by atoms with Gasteiger partial charge >= 0.3 is 0 Å². The second-order valence-corrected chi connectivity index (χ2v) is 6.28. The third-order valence-electron chi connectivity index (χ3n) is 3.48. The minimum Gasteiger partial charge on any atom is -0.182 e. The van der Waals surface area contributed by atoms with Crippen molar-refractivity contribution in [2.45, 2.75) is 6.92 Å². The number of nitrogens with zero attached hydrogens (tertiary/aromatic N) is 4. The zero-order valence-corrected chi connectivity index (χ0v) is 13.3. The average molecular weight is 327 g/mol. The van der Waals surface area contributed by atoms with Crippen LogP contribution < -0.4 is 0 Å². The number of aryl methyl sites for hydroxylation is 1. The third kappa shape index (κ3) is 2.10. The van der Waals surface area contributed by atoms with Gasteiger partial charge in [-0.1, -0.05) is 65.4 Å². The van der Waals surface area contributed by atoms with E-state index in [2.05, 4.69) is 28.3 Å². The van der Waals surface area contributed by atoms with Gasteiger partial charge in [0, 0.05) is 11.1 Å². The third-order valence-corrected chi connectivity index (χ3v) is 4.74. The molecule has 2 aromatic carbocycles. The van der Waals surface area contributed by atoms with Gasteiger partial charge in [0.1, 0.15) is 5.01 Å². The molecule has 0 aliphatic carbocycles. The van der Waals surface area contributed by atoms with Crippen LogP contribution in [-0.2, 0) is 0 Å². The van der Waals surface area contributed by atoms with Crippen molar-refractivity contribution >= 4 is 27.9 Å². The van der Waals surface area contributed by atoms with Gasteiger partial charge in [-0.25, -0.2) is 0 Å². The molecule has 0 aliphatic heterocycles. The lowest BCUT2D eigenvalue weighted by Crippen LogP contribution is -1.93. The van der Waals surface area contributed by atoms with Crippen LogP contribution in [0.1, 0.15) is 5.56 Å². The van der Waals surface area contributed by atoms with Crippen LogP contribution in [0.25, 0.3) is 26.9 Å². The molecule has 0 atom stereocenters. The van der Waals surface area contributed by atoms with E-state index < -0.39 is 0 Å². The summed E-state index contributed by atoms with van der Waals surface area (Å²) in [5.41, 5.74) is 3.09. The van der Waals surface area contributed by atoms with Crippen molar-refractivity contribution in [1.29, 1.82) is 0 Å². The molecule has 108 valence electrons. The highest BCUT2D eigenvalue weighted by Gasteiger charge is 2.16. The molecule has 0 amide bonds. The second kappa shape index (κ2) is 5.19. The molecule has 22 heavy (non-hydrogen) atoms. The maximum atomic E-state index is 6.26. The Kier molecular flexibility index (Phi) is 3.17. The van der Waals surface area contributed by atoms with Crippen LogP contribution in [0.15, 0.2) is 48.5 Å². The van der Waals surface area contributed by atoms with Crippen molar-refractivity contribution in [2.75, 3.05) is 0 Å². The average Bonchev–Trinajstić information content (AvgIpc) is 3.09. The Balaban J connectivity index is 1.91. The zero-order chi connectivity index (χ0) is 15.1. The molecule has 0 fully saturated rings. The van der Waals surface area contributed by atoms with Crippen molar-refractivity contribution < 1.29 is 0 Å². The van der Waals surface area contributed by atoms with Crippen LogP contribution in [0.5, 0.6) is 0 Å². The van der Waals surface area contributed by atoms with E-state index in [0.29, 0.717) is 5.02 Å². The van der Waals surface area contributed by atoms with E-state index >= 15 is 0 Å². The lowest BCUT2D eigenvalue weighted by molar-refractivity contribution is 0.969. The molecule has 0 aliphatic rings. The molecule has 0 radical (unpaired) electrons. The largest absolute Gasteiger partial charge is 0.235 e. The van der Waals surface area contributed by atoms with Gasteiger partial charge in [0.25, 0.3) is 0 Å². The minimum atomic E-state index is 0.685. The predicted molar refractivity (Wildman–Crippen MR) is 89.3 cm³/mol. The fourth-order valence-corrected chi connectivity index (χ4v) is 3.51. The number of rotatable bonds is 2. The SMILES string of the molecule is Cc1ccccc1-c1nnc2sc(-c3ccccc3Cl)nn12. The van der Waals surface area contributed by atoms with Gasteiger partial charge in [-0.2, -0.15) is 9.61 Å². The summed E-state index contributed by atoms with van der Waals surface area (Å²) in [5, 5.41) is 14.7. The number of fused-ring (bicyclic) bond motifs is 1.